The van der Waals surface area contributed by atoms with Crippen molar-refractivity contribution in [1.82, 2.24) is 5.32 Å². The molecule has 0 spiro atoms. The molecule has 0 unspecified atom stereocenters. The second-order valence-electron chi connectivity index (χ2n) is 3.98. The van der Waals surface area contributed by atoms with Crippen LogP contribution in [-0.4, -0.2) is 37.9 Å². The van der Waals surface area contributed by atoms with Crippen molar-refractivity contribution in [2.45, 2.75) is 46.3 Å². The fraction of sp³-hybridized carbons (Fsp3) is 0.909. The van der Waals surface area contributed by atoms with Crippen LogP contribution in [0.5, 0.6) is 0 Å². The Labute approximate surface area is 92.3 Å². The maximum absolute atomic E-state index is 11.2. The van der Waals surface area contributed by atoms with Gasteiger partial charge >= 0.3 is 0 Å². The van der Waals surface area contributed by atoms with Crippen molar-refractivity contribution in [2.24, 2.45) is 0 Å². The van der Waals surface area contributed by atoms with E-state index in [0.717, 1.165) is 6.42 Å². The van der Waals surface area contributed by atoms with Crippen LogP contribution in [0.25, 0.3) is 0 Å². The van der Waals surface area contributed by atoms with Gasteiger partial charge in [0.15, 0.2) is 0 Å². The highest BCUT2D eigenvalue weighted by Gasteiger charge is 2.02. The Morgan fingerprint density at radius 3 is 2.27 bits per heavy atom. The third-order valence-corrected chi connectivity index (χ3v) is 1.64. The second kappa shape index (κ2) is 8.68. The van der Waals surface area contributed by atoms with Crippen LogP contribution in [0.15, 0.2) is 0 Å². The molecular formula is C11H23NO3. The molecule has 1 N–H and O–H groups in total. The standard InChI is InChI=1S/C11H23NO3/c1-9(2)14-7-5-6-12-11(13)8-15-10(3)4/h9-10H,5-8H2,1-4H3,(H,12,13). The van der Waals surface area contributed by atoms with Crippen LogP contribution in [0.2, 0.25) is 0 Å². The van der Waals surface area contributed by atoms with Gasteiger partial charge in [0.2, 0.25) is 5.91 Å². The van der Waals surface area contributed by atoms with Gasteiger partial charge in [0, 0.05) is 13.2 Å². The quantitative estimate of drug-likeness (QED) is 0.624. The van der Waals surface area contributed by atoms with Crippen molar-refractivity contribution < 1.29 is 14.3 Å². The minimum Gasteiger partial charge on any atom is -0.379 e. The molecular weight excluding hydrogens is 194 g/mol. The number of amides is 1. The fourth-order valence-corrected chi connectivity index (χ4v) is 0.912. The zero-order valence-corrected chi connectivity index (χ0v) is 10.2. The predicted octanol–water partition coefficient (Wildman–Crippen LogP) is 1.34. The van der Waals surface area contributed by atoms with Crippen LogP contribution >= 0.6 is 0 Å². The van der Waals surface area contributed by atoms with Crippen LogP contribution in [0.3, 0.4) is 0 Å². The molecule has 0 aliphatic carbocycles. The normalized spacial score (nSPS) is 11.1. The van der Waals surface area contributed by atoms with Crippen molar-refractivity contribution in [3.8, 4) is 0 Å². The van der Waals surface area contributed by atoms with Gasteiger partial charge in [-0.2, -0.15) is 0 Å². The topological polar surface area (TPSA) is 47.6 Å². The summed E-state index contributed by atoms with van der Waals surface area (Å²) in [5, 5.41) is 2.77. The Balaban J connectivity index is 3.24. The van der Waals surface area contributed by atoms with E-state index in [2.05, 4.69) is 5.32 Å². The molecule has 15 heavy (non-hydrogen) atoms. The highest BCUT2D eigenvalue weighted by atomic mass is 16.5. The minimum absolute atomic E-state index is 0.0618. The average molecular weight is 217 g/mol. The number of hydrogen-bond donors (Lipinski definition) is 1. The first kappa shape index (κ1) is 14.4. The van der Waals surface area contributed by atoms with Crippen LogP contribution in [0.4, 0.5) is 0 Å². The average Bonchev–Trinajstić information content (AvgIpc) is 2.13. The van der Waals surface area contributed by atoms with Gasteiger partial charge in [-0.25, -0.2) is 0 Å². The number of nitrogens with one attached hydrogen (secondary N) is 1. The van der Waals surface area contributed by atoms with E-state index in [0.29, 0.717) is 13.2 Å². The SMILES string of the molecule is CC(C)OCCCNC(=O)COC(C)C. The van der Waals surface area contributed by atoms with E-state index in [1.54, 1.807) is 0 Å². The number of carbonyl (C=O) groups is 1. The van der Waals surface area contributed by atoms with Gasteiger partial charge in [-0.15, -0.1) is 0 Å². The maximum atomic E-state index is 11.2. The van der Waals surface area contributed by atoms with Gasteiger partial charge in [0.1, 0.15) is 6.61 Å². The highest BCUT2D eigenvalue weighted by Crippen LogP contribution is 1.90. The number of ether oxygens (including phenoxy) is 2. The Morgan fingerprint density at radius 2 is 1.73 bits per heavy atom. The Kier molecular flexibility index (Phi) is 8.33. The lowest BCUT2D eigenvalue weighted by molar-refractivity contribution is -0.127. The number of carbonyl (C=O) groups excluding carboxylic acids is 1. The zero-order valence-electron chi connectivity index (χ0n) is 10.2. The molecule has 90 valence electrons. The van der Waals surface area contributed by atoms with E-state index in [4.69, 9.17) is 9.47 Å². The van der Waals surface area contributed by atoms with Gasteiger partial charge < -0.3 is 14.8 Å². The van der Waals surface area contributed by atoms with Gasteiger partial charge in [-0.1, -0.05) is 0 Å². The van der Waals surface area contributed by atoms with Gasteiger partial charge in [0.25, 0.3) is 0 Å². The Morgan fingerprint density at radius 1 is 1.13 bits per heavy atom. The van der Waals surface area contributed by atoms with Gasteiger partial charge in [-0.3, -0.25) is 4.79 Å². The van der Waals surface area contributed by atoms with Crippen LogP contribution in [0.1, 0.15) is 34.1 Å². The summed E-state index contributed by atoms with van der Waals surface area (Å²) in [4.78, 5) is 11.2. The smallest absolute Gasteiger partial charge is 0.246 e. The molecule has 0 heterocycles. The van der Waals surface area contributed by atoms with E-state index in [1.807, 2.05) is 27.7 Å². The molecule has 0 fully saturated rings. The molecule has 0 bridgehead atoms. The third-order valence-electron chi connectivity index (χ3n) is 1.64. The first-order chi connectivity index (χ1) is 7.02. The summed E-state index contributed by atoms with van der Waals surface area (Å²) in [5.41, 5.74) is 0. The number of hydrogen-bond acceptors (Lipinski definition) is 3. The van der Waals surface area contributed by atoms with Crippen molar-refractivity contribution in [2.75, 3.05) is 19.8 Å². The first-order valence-electron chi connectivity index (χ1n) is 5.52. The molecule has 0 atom stereocenters. The van der Waals surface area contributed by atoms with E-state index < -0.39 is 0 Å². The molecule has 4 nitrogen and oxygen atoms in total. The fourth-order valence-electron chi connectivity index (χ4n) is 0.912. The highest BCUT2D eigenvalue weighted by molar-refractivity contribution is 5.77. The molecule has 0 aromatic heterocycles. The lowest BCUT2D eigenvalue weighted by atomic mass is 10.4. The Hall–Kier alpha value is -0.610. The van der Waals surface area contributed by atoms with Crippen LogP contribution in [0, 0.1) is 0 Å². The predicted molar refractivity (Wildman–Crippen MR) is 59.8 cm³/mol. The molecule has 0 radical (unpaired) electrons. The molecule has 0 aromatic carbocycles. The van der Waals surface area contributed by atoms with Gasteiger partial charge in [0.05, 0.1) is 12.2 Å². The van der Waals surface area contributed by atoms with Crippen molar-refractivity contribution >= 4 is 5.91 Å². The largest absolute Gasteiger partial charge is 0.379 e. The minimum atomic E-state index is -0.0618. The molecule has 0 aromatic rings. The summed E-state index contributed by atoms with van der Waals surface area (Å²) in [6, 6.07) is 0. The Bertz CT molecular complexity index is 169. The van der Waals surface area contributed by atoms with E-state index >= 15 is 0 Å². The summed E-state index contributed by atoms with van der Waals surface area (Å²) >= 11 is 0. The van der Waals surface area contributed by atoms with Crippen molar-refractivity contribution in [1.29, 1.82) is 0 Å². The molecule has 0 saturated carbocycles. The molecule has 1 amide bonds. The monoisotopic (exact) mass is 217 g/mol. The summed E-state index contributed by atoms with van der Waals surface area (Å²) in [6.07, 6.45) is 1.19. The second-order valence-corrected chi connectivity index (χ2v) is 3.98. The lowest BCUT2D eigenvalue weighted by Gasteiger charge is -2.09. The molecule has 0 rings (SSSR count). The zero-order chi connectivity index (χ0) is 11.7. The molecule has 4 heteroatoms. The summed E-state index contributed by atoms with van der Waals surface area (Å²) < 4.78 is 10.5. The molecule has 0 aliphatic heterocycles. The summed E-state index contributed by atoms with van der Waals surface area (Å²) in [6.45, 7) is 9.27. The molecule has 0 aliphatic rings. The van der Waals surface area contributed by atoms with E-state index in [-0.39, 0.29) is 24.7 Å². The van der Waals surface area contributed by atoms with Crippen LogP contribution < -0.4 is 5.32 Å². The first-order valence-corrected chi connectivity index (χ1v) is 5.52. The number of rotatable bonds is 8. The van der Waals surface area contributed by atoms with E-state index in [9.17, 15) is 4.79 Å². The summed E-state index contributed by atoms with van der Waals surface area (Å²) in [7, 11) is 0. The third kappa shape index (κ3) is 11.3. The maximum Gasteiger partial charge on any atom is 0.246 e. The van der Waals surface area contributed by atoms with Crippen LogP contribution in [-0.2, 0) is 14.3 Å². The van der Waals surface area contributed by atoms with E-state index in [1.165, 1.54) is 0 Å². The van der Waals surface area contributed by atoms with Gasteiger partial charge in [-0.05, 0) is 34.1 Å². The molecule has 0 saturated heterocycles. The van der Waals surface area contributed by atoms with Crippen molar-refractivity contribution in [3.63, 3.8) is 0 Å². The van der Waals surface area contributed by atoms with Crippen molar-refractivity contribution in [3.05, 3.63) is 0 Å². The summed E-state index contributed by atoms with van der Waals surface area (Å²) in [5.74, 6) is -0.0618. The lowest BCUT2D eigenvalue weighted by Crippen LogP contribution is -2.30.